The van der Waals surface area contributed by atoms with Crippen molar-refractivity contribution < 1.29 is 39.9 Å². The Bertz CT molecular complexity index is 272. The molecule has 0 saturated carbocycles. The molecule has 5 N–H and O–H groups in total. The summed E-state index contributed by atoms with van der Waals surface area (Å²) >= 11 is 0. The van der Waals surface area contributed by atoms with Gasteiger partial charge < -0.3 is 25.5 Å². The fourth-order valence-corrected chi connectivity index (χ4v) is 0.970. The van der Waals surface area contributed by atoms with E-state index in [1.165, 1.54) is 0 Å². The van der Waals surface area contributed by atoms with Crippen LogP contribution in [0.15, 0.2) is 0 Å². The zero-order chi connectivity index (χ0) is 12.2. The SMILES string of the molecule is O=C(O)CC(O)C(C(=O)O)C(O)C(=O)O. The lowest BCUT2D eigenvalue weighted by atomic mass is 9.94. The molecule has 0 aromatic carbocycles. The molecule has 0 saturated heterocycles. The van der Waals surface area contributed by atoms with E-state index in [0.717, 1.165) is 0 Å². The van der Waals surface area contributed by atoms with Crippen molar-refractivity contribution in [2.24, 2.45) is 5.92 Å². The van der Waals surface area contributed by atoms with E-state index in [1.54, 1.807) is 0 Å². The molecule has 0 radical (unpaired) electrons. The third kappa shape index (κ3) is 3.92. The first-order valence-corrected chi connectivity index (χ1v) is 3.81. The van der Waals surface area contributed by atoms with Gasteiger partial charge in [-0.25, -0.2) is 4.79 Å². The summed E-state index contributed by atoms with van der Waals surface area (Å²) in [5.41, 5.74) is 0. The quantitative estimate of drug-likeness (QED) is 0.345. The number of carbonyl (C=O) groups is 3. The van der Waals surface area contributed by atoms with Crippen LogP contribution in [0.2, 0.25) is 0 Å². The summed E-state index contributed by atoms with van der Waals surface area (Å²) in [5.74, 6) is -7.18. The Labute approximate surface area is 83.4 Å². The molecule has 86 valence electrons. The molecule has 8 nitrogen and oxygen atoms in total. The number of hydrogen-bond donors (Lipinski definition) is 5. The summed E-state index contributed by atoms with van der Waals surface area (Å²) < 4.78 is 0. The Kier molecular flexibility index (Phi) is 4.68. The van der Waals surface area contributed by atoms with Crippen molar-refractivity contribution in [3.63, 3.8) is 0 Å². The van der Waals surface area contributed by atoms with Crippen LogP contribution < -0.4 is 0 Å². The van der Waals surface area contributed by atoms with Crippen molar-refractivity contribution in [3.8, 4) is 0 Å². The molecular formula is C7H10O8. The summed E-state index contributed by atoms with van der Waals surface area (Å²) in [7, 11) is 0. The molecule has 3 unspecified atom stereocenters. The van der Waals surface area contributed by atoms with Crippen LogP contribution in [-0.2, 0) is 14.4 Å². The van der Waals surface area contributed by atoms with Crippen molar-refractivity contribution in [2.75, 3.05) is 0 Å². The first-order chi connectivity index (χ1) is 6.77. The van der Waals surface area contributed by atoms with Crippen molar-refractivity contribution in [2.45, 2.75) is 18.6 Å². The maximum Gasteiger partial charge on any atom is 0.333 e. The van der Waals surface area contributed by atoms with E-state index in [9.17, 15) is 14.4 Å². The van der Waals surface area contributed by atoms with E-state index < -0.39 is 42.5 Å². The third-order valence-corrected chi connectivity index (χ3v) is 1.68. The van der Waals surface area contributed by atoms with Gasteiger partial charge in [0.1, 0.15) is 5.92 Å². The summed E-state index contributed by atoms with van der Waals surface area (Å²) in [6.07, 6.45) is -5.27. The number of hydrogen-bond acceptors (Lipinski definition) is 5. The Balaban J connectivity index is 4.73. The maximum absolute atomic E-state index is 10.5. The molecule has 0 aromatic heterocycles. The summed E-state index contributed by atoms with van der Waals surface area (Å²) in [5, 5.41) is 43.1. The Morgan fingerprint density at radius 1 is 0.933 bits per heavy atom. The van der Waals surface area contributed by atoms with Gasteiger partial charge in [0.05, 0.1) is 12.5 Å². The van der Waals surface area contributed by atoms with Gasteiger partial charge in [-0.05, 0) is 0 Å². The van der Waals surface area contributed by atoms with Gasteiger partial charge in [-0.1, -0.05) is 0 Å². The maximum atomic E-state index is 10.5. The minimum absolute atomic E-state index is 0.957. The first-order valence-electron chi connectivity index (χ1n) is 3.81. The van der Waals surface area contributed by atoms with Gasteiger partial charge in [0.25, 0.3) is 0 Å². The van der Waals surface area contributed by atoms with E-state index in [4.69, 9.17) is 25.5 Å². The van der Waals surface area contributed by atoms with Gasteiger partial charge in [-0.15, -0.1) is 0 Å². The summed E-state index contributed by atoms with van der Waals surface area (Å²) in [6, 6.07) is 0. The molecule has 0 fully saturated rings. The van der Waals surface area contributed by atoms with Crippen molar-refractivity contribution in [1.29, 1.82) is 0 Å². The molecule has 8 heteroatoms. The molecule has 0 aliphatic heterocycles. The molecule has 15 heavy (non-hydrogen) atoms. The van der Waals surface area contributed by atoms with Gasteiger partial charge in [-0.3, -0.25) is 9.59 Å². The highest BCUT2D eigenvalue weighted by Gasteiger charge is 2.38. The normalized spacial score (nSPS) is 16.4. The molecule has 0 aliphatic carbocycles. The molecule has 0 aliphatic rings. The van der Waals surface area contributed by atoms with Crippen LogP contribution in [0.1, 0.15) is 6.42 Å². The highest BCUT2D eigenvalue weighted by Crippen LogP contribution is 2.13. The van der Waals surface area contributed by atoms with Gasteiger partial charge in [-0.2, -0.15) is 0 Å². The Morgan fingerprint density at radius 2 is 1.40 bits per heavy atom. The predicted octanol–water partition coefficient (Wildman–Crippen LogP) is -2.03. The fraction of sp³-hybridized carbons (Fsp3) is 0.571. The number of aliphatic carboxylic acids is 3. The highest BCUT2D eigenvalue weighted by molar-refractivity contribution is 5.82. The summed E-state index contributed by atoms with van der Waals surface area (Å²) in [6.45, 7) is 0. The van der Waals surface area contributed by atoms with Crippen molar-refractivity contribution >= 4 is 17.9 Å². The van der Waals surface area contributed by atoms with Crippen LogP contribution in [0, 0.1) is 5.92 Å². The second kappa shape index (κ2) is 5.27. The number of aliphatic hydroxyl groups excluding tert-OH is 2. The largest absolute Gasteiger partial charge is 0.481 e. The van der Waals surface area contributed by atoms with Crippen LogP contribution >= 0.6 is 0 Å². The second-order valence-electron chi connectivity index (χ2n) is 2.81. The number of aliphatic hydroxyl groups is 2. The minimum atomic E-state index is -2.35. The van der Waals surface area contributed by atoms with Gasteiger partial charge in [0.2, 0.25) is 0 Å². The summed E-state index contributed by atoms with van der Waals surface area (Å²) in [4.78, 5) is 30.9. The fourth-order valence-electron chi connectivity index (χ4n) is 0.970. The topological polar surface area (TPSA) is 152 Å². The van der Waals surface area contributed by atoms with Gasteiger partial charge >= 0.3 is 17.9 Å². The van der Waals surface area contributed by atoms with Crippen LogP contribution in [0.25, 0.3) is 0 Å². The van der Waals surface area contributed by atoms with E-state index in [0.29, 0.717) is 0 Å². The molecule has 0 amide bonds. The van der Waals surface area contributed by atoms with Gasteiger partial charge in [0, 0.05) is 0 Å². The van der Waals surface area contributed by atoms with Crippen LogP contribution in [0.3, 0.4) is 0 Å². The highest BCUT2D eigenvalue weighted by atomic mass is 16.4. The standard InChI is InChI=1S/C7H10O8/c8-2(1-3(9)10)4(6(12)13)5(11)7(14)15/h2,4-5,8,11H,1H2,(H,9,10)(H,12,13)(H,14,15). The van der Waals surface area contributed by atoms with Crippen LogP contribution in [0.4, 0.5) is 0 Å². The number of rotatable bonds is 6. The van der Waals surface area contributed by atoms with Crippen molar-refractivity contribution in [1.82, 2.24) is 0 Å². The van der Waals surface area contributed by atoms with E-state index >= 15 is 0 Å². The molecule has 0 rings (SSSR count). The molecule has 0 heterocycles. The average Bonchev–Trinajstić information content (AvgIpc) is 2.01. The zero-order valence-electron chi connectivity index (χ0n) is 7.40. The molecule has 3 atom stereocenters. The first kappa shape index (κ1) is 13.3. The third-order valence-electron chi connectivity index (χ3n) is 1.68. The number of carboxylic acids is 3. The minimum Gasteiger partial charge on any atom is -0.481 e. The van der Waals surface area contributed by atoms with Crippen molar-refractivity contribution in [3.05, 3.63) is 0 Å². The van der Waals surface area contributed by atoms with Crippen LogP contribution in [-0.4, -0.2) is 55.6 Å². The molecule has 0 bridgehead atoms. The lowest BCUT2D eigenvalue weighted by Crippen LogP contribution is -2.43. The van der Waals surface area contributed by atoms with E-state index in [2.05, 4.69) is 0 Å². The Hall–Kier alpha value is -1.67. The predicted molar refractivity (Wildman–Crippen MR) is 43.0 cm³/mol. The Morgan fingerprint density at radius 3 is 1.67 bits per heavy atom. The van der Waals surface area contributed by atoms with E-state index in [1.807, 2.05) is 0 Å². The zero-order valence-corrected chi connectivity index (χ0v) is 7.40. The van der Waals surface area contributed by atoms with Gasteiger partial charge in [0.15, 0.2) is 6.10 Å². The monoisotopic (exact) mass is 222 g/mol. The molecular weight excluding hydrogens is 212 g/mol. The average molecular weight is 222 g/mol. The molecule has 0 aromatic rings. The lowest BCUT2D eigenvalue weighted by molar-refractivity contribution is -0.166. The van der Waals surface area contributed by atoms with E-state index in [-0.39, 0.29) is 0 Å². The second-order valence-corrected chi connectivity index (χ2v) is 2.81. The molecule has 0 spiro atoms. The smallest absolute Gasteiger partial charge is 0.333 e. The van der Waals surface area contributed by atoms with Crippen LogP contribution in [0.5, 0.6) is 0 Å². The number of carboxylic acid groups (broad SMARTS) is 3. The lowest BCUT2D eigenvalue weighted by Gasteiger charge is -2.19.